The molecule has 0 radical (unpaired) electrons. The summed E-state index contributed by atoms with van der Waals surface area (Å²) in [7, 11) is 0. The molecule has 1 atom stereocenters. The molecule has 1 fully saturated rings. The molecule has 3 heterocycles. The van der Waals surface area contributed by atoms with Crippen molar-refractivity contribution in [3.63, 3.8) is 0 Å². The molecule has 2 N–H and O–H groups in total. The number of nitrogens with zero attached hydrogens (tertiary/aromatic N) is 3. The minimum atomic E-state index is -0.278. The largest absolute Gasteiger partial charge is 0.357 e. The van der Waals surface area contributed by atoms with Crippen molar-refractivity contribution < 1.29 is 9.59 Å². The molecule has 1 saturated heterocycles. The van der Waals surface area contributed by atoms with E-state index >= 15 is 0 Å². The molecular formula is C24H25N5O2S2. The summed E-state index contributed by atoms with van der Waals surface area (Å²) in [5, 5.41) is 7.06. The third-order valence-corrected chi connectivity index (χ3v) is 7.35. The van der Waals surface area contributed by atoms with E-state index in [1.165, 1.54) is 6.08 Å². The third-order valence-electron chi connectivity index (χ3n) is 5.19. The van der Waals surface area contributed by atoms with Crippen LogP contribution in [0.4, 0.5) is 10.8 Å². The van der Waals surface area contributed by atoms with Gasteiger partial charge in [0.1, 0.15) is 0 Å². The summed E-state index contributed by atoms with van der Waals surface area (Å²) >= 11 is 3.35. The maximum Gasteiger partial charge on any atom is 0.253 e. The van der Waals surface area contributed by atoms with Crippen molar-refractivity contribution in [3.8, 4) is 0 Å². The monoisotopic (exact) mass is 479 g/mol. The molecule has 2 aromatic heterocycles. The Morgan fingerprint density at radius 3 is 2.82 bits per heavy atom. The van der Waals surface area contributed by atoms with Crippen LogP contribution >= 0.6 is 23.1 Å². The number of hydrogen-bond donors (Lipinski definition) is 2. The number of hydrogen-bond acceptors (Lipinski definition) is 7. The lowest BCUT2D eigenvalue weighted by Crippen LogP contribution is -2.45. The van der Waals surface area contributed by atoms with Gasteiger partial charge in [0, 0.05) is 42.3 Å². The number of carbonyl (C=O) groups excluding carboxylic acids is 2. The summed E-state index contributed by atoms with van der Waals surface area (Å²) < 4.78 is 1.13. The zero-order chi connectivity index (χ0) is 23.0. The van der Waals surface area contributed by atoms with Gasteiger partial charge in [0.25, 0.3) is 5.91 Å². The number of thiazole rings is 1. The van der Waals surface area contributed by atoms with Crippen molar-refractivity contribution in [2.24, 2.45) is 0 Å². The molecule has 33 heavy (non-hydrogen) atoms. The number of aromatic nitrogens is 2. The molecule has 0 saturated carbocycles. The molecule has 170 valence electrons. The fourth-order valence-electron chi connectivity index (χ4n) is 3.55. The van der Waals surface area contributed by atoms with Gasteiger partial charge in [0.2, 0.25) is 5.91 Å². The summed E-state index contributed by atoms with van der Waals surface area (Å²) in [4.78, 5) is 35.1. The van der Waals surface area contributed by atoms with Gasteiger partial charge in [-0.15, -0.1) is 11.8 Å². The van der Waals surface area contributed by atoms with Crippen molar-refractivity contribution >= 4 is 45.7 Å². The SMILES string of the molecule is C=CC(=O)Nc1ccc(C(=O)N2CCCC(Nc3ncc(SCc4ccccn4)s3)C2)cc1. The quantitative estimate of drug-likeness (QED) is 0.361. The Bertz CT molecular complexity index is 1100. The first-order chi connectivity index (χ1) is 16.1. The van der Waals surface area contributed by atoms with Crippen molar-refractivity contribution in [2.45, 2.75) is 28.8 Å². The minimum Gasteiger partial charge on any atom is -0.357 e. The maximum atomic E-state index is 13.0. The van der Waals surface area contributed by atoms with E-state index in [0.717, 1.165) is 40.2 Å². The number of anilines is 2. The van der Waals surface area contributed by atoms with Crippen LogP contribution in [0.25, 0.3) is 0 Å². The Labute approximate surface area is 201 Å². The fourth-order valence-corrected chi connectivity index (χ4v) is 5.41. The van der Waals surface area contributed by atoms with Gasteiger partial charge in [0.05, 0.1) is 16.1 Å². The number of piperidine rings is 1. The highest BCUT2D eigenvalue weighted by molar-refractivity contribution is 8.00. The van der Waals surface area contributed by atoms with Gasteiger partial charge in [-0.05, 0) is 55.3 Å². The minimum absolute atomic E-state index is 0.00570. The number of likely N-dealkylation sites (tertiary alicyclic amines) is 1. The second-order valence-corrected chi connectivity index (χ2v) is 9.91. The fraction of sp³-hybridized carbons (Fsp3) is 0.250. The topological polar surface area (TPSA) is 87.2 Å². The molecule has 9 heteroatoms. The number of nitrogens with one attached hydrogen (secondary N) is 2. The van der Waals surface area contributed by atoms with E-state index in [1.807, 2.05) is 29.3 Å². The standard InChI is InChI=1S/C24H25N5O2S2/c1-2-21(30)27-18-10-8-17(9-11-18)23(31)29-13-5-7-19(15-29)28-24-26-14-22(33-24)32-16-20-6-3-4-12-25-20/h2-4,6,8-12,14,19H,1,5,7,13,15-16H2,(H,26,28)(H,27,30). The number of carbonyl (C=O) groups is 2. The first kappa shape index (κ1) is 23.0. The van der Waals surface area contributed by atoms with E-state index < -0.39 is 0 Å². The van der Waals surface area contributed by atoms with Crippen molar-refractivity contribution in [3.05, 3.63) is 78.8 Å². The van der Waals surface area contributed by atoms with E-state index in [4.69, 9.17) is 0 Å². The molecule has 0 bridgehead atoms. The zero-order valence-corrected chi connectivity index (χ0v) is 19.7. The predicted molar refractivity (Wildman–Crippen MR) is 134 cm³/mol. The molecule has 3 aromatic rings. The molecule has 0 spiro atoms. The molecule has 1 aliphatic heterocycles. The average Bonchev–Trinajstić information content (AvgIpc) is 3.30. The van der Waals surface area contributed by atoms with Gasteiger partial charge in [-0.3, -0.25) is 14.6 Å². The summed E-state index contributed by atoms with van der Waals surface area (Å²) in [6.07, 6.45) is 6.83. The van der Waals surface area contributed by atoms with E-state index in [1.54, 1.807) is 53.6 Å². The Balaban J connectivity index is 1.30. The summed E-state index contributed by atoms with van der Waals surface area (Å²) in [5.74, 6) is 0.526. The first-order valence-corrected chi connectivity index (χ1v) is 12.5. The highest BCUT2D eigenvalue weighted by atomic mass is 32.2. The van der Waals surface area contributed by atoms with E-state index in [2.05, 4.69) is 27.2 Å². The molecule has 1 aliphatic rings. The van der Waals surface area contributed by atoms with Crippen LogP contribution in [0.1, 0.15) is 28.9 Å². The van der Waals surface area contributed by atoms with Gasteiger partial charge in [-0.25, -0.2) is 4.98 Å². The molecule has 2 amide bonds. The predicted octanol–water partition coefficient (Wildman–Crippen LogP) is 4.67. The summed E-state index contributed by atoms with van der Waals surface area (Å²) in [6, 6.07) is 13.0. The second kappa shape index (κ2) is 11.1. The van der Waals surface area contributed by atoms with E-state index in [9.17, 15) is 9.59 Å². The Morgan fingerprint density at radius 1 is 1.21 bits per heavy atom. The van der Waals surface area contributed by atoms with E-state index in [0.29, 0.717) is 17.8 Å². The number of thioether (sulfide) groups is 1. The molecule has 1 aromatic carbocycles. The summed E-state index contributed by atoms with van der Waals surface area (Å²) in [6.45, 7) is 4.80. The zero-order valence-electron chi connectivity index (χ0n) is 18.1. The van der Waals surface area contributed by atoms with Gasteiger partial charge in [0.15, 0.2) is 5.13 Å². The normalized spacial score (nSPS) is 15.6. The van der Waals surface area contributed by atoms with Crippen LogP contribution in [0.15, 0.2) is 71.7 Å². The second-order valence-electron chi connectivity index (χ2n) is 7.60. The van der Waals surface area contributed by atoms with Crippen LogP contribution in [0.2, 0.25) is 0 Å². The third kappa shape index (κ3) is 6.43. The van der Waals surface area contributed by atoms with Crippen LogP contribution in [-0.4, -0.2) is 45.8 Å². The lowest BCUT2D eigenvalue weighted by molar-refractivity contribution is -0.111. The van der Waals surface area contributed by atoms with Gasteiger partial charge in [-0.1, -0.05) is 24.0 Å². The summed E-state index contributed by atoms with van der Waals surface area (Å²) in [5.41, 5.74) is 2.28. The van der Waals surface area contributed by atoms with Crippen LogP contribution in [0.3, 0.4) is 0 Å². The van der Waals surface area contributed by atoms with E-state index in [-0.39, 0.29) is 17.9 Å². The smallest absolute Gasteiger partial charge is 0.253 e. The number of amides is 2. The molecule has 4 rings (SSSR count). The van der Waals surface area contributed by atoms with Gasteiger partial charge in [-0.2, -0.15) is 0 Å². The van der Waals surface area contributed by atoms with Gasteiger partial charge >= 0.3 is 0 Å². The van der Waals surface area contributed by atoms with Crippen molar-refractivity contribution in [2.75, 3.05) is 23.7 Å². The van der Waals surface area contributed by atoms with Crippen LogP contribution < -0.4 is 10.6 Å². The number of pyridine rings is 1. The first-order valence-electron chi connectivity index (χ1n) is 10.7. The van der Waals surface area contributed by atoms with Crippen LogP contribution in [-0.2, 0) is 10.5 Å². The molecule has 1 unspecified atom stereocenters. The Hall–Kier alpha value is -3.17. The Morgan fingerprint density at radius 2 is 2.06 bits per heavy atom. The Kier molecular flexibility index (Phi) is 7.74. The lowest BCUT2D eigenvalue weighted by atomic mass is 10.0. The van der Waals surface area contributed by atoms with Gasteiger partial charge < -0.3 is 15.5 Å². The number of rotatable bonds is 8. The average molecular weight is 480 g/mol. The van der Waals surface area contributed by atoms with Crippen LogP contribution in [0.5, 0.6) is 0 Å². The molecule has 7 nitrogen and oxygen atoms in total. The molecule has 0 aliphatic carbocycles. The lowest BCUT2D eigenvalue weighted by Gasteiger charge is -2.33. The van der Waals surface area contributed by atoms with Crippen molar-refractivity contribution in [1.29, 1.82) is 0 Å². The highest BCUT2D eigenvalue weighted by Crippen LogP contribution is 2.31. The molecular weight excluding hydrogens is 454 g/mol. The van der Waals surface area contributed by atoms with Crippen molar-refractivity contribution in [1.82, 2.24) is 14.9 Å². The van der Waals surface area contributed by atoms with Crippen LogP contribution in [0, 0.1) is 0 Å². The highest BCUT2D eigenvalue weighted by Gasteiger charge is 2.25. The maximum absolute atomic E-state index is 13.0. The number of benzene rings is 1.